The molecule has 0 aromatic heterocycles. The van der Waals surface area contributed by atoms with E-state index in [1.54, 1.807) is 0 Å². The van der Waals surface area contributed by atoms with Gasteiger partial charge in [0.2, 0.25) is 0 Å². The van der Waals surface area contributed by atoms with Crippen LogP contribution in [-0.4, -0.2) is 37.2 Å². The fourth-order valence-corrected chi connectivity index (χ4v) is 2.50. The maximum absolute atomic E-state index is 6.31. The van der Waals surface area contributed by atoms with E-state index in [1.807, 2.05) is 12.1 Å². The Balaban J connectivity index is 1.99. The molecule has 0 aliphatic carbocycles. The van der Waals surface area contributed by atoms with Crippen LogP contribution in [0.5, 0.6) is 0 Å². The summed E-state index contributed by atoms with van der Waals surface area (Å²) in [7, 11) is 2.10. The lowest BCUT2D eigenvalue weighted by atomic mass is 9.98. The van der Waals surface area contributed by atoms with E-state index in [2.05, 4.69) is 31.0 Å². The van der Waals surface area contributed by atoms with Crippen molar-refractivity contribution in [3.63, 3.8) is 0 Å². The summed E-state index contributed by atoms with van der Waals surface area (Å²) in [6.45, 7) is 4.46. The van der Waals surface area contributed by atoms with Gasteiger partial charge in [-0.3, -0.25) is 4.90 Å². The molecule has 18 heavy (non-hydrogen) atoms. The quantitative estimate of drug-likeness (QED) is 0.912. The fraction of sp³-hybridized carbons (Fsp3) is 0.571. The molecule has 0 radical (unpaired) electrons. The lowest BCUT2D eigenvalue weighted by Crippen LogP contribution is -2.50. The van der Waals surface area contributed by atoms with Crippen molar-refractivity contribution in [2.75, 3.05) is 26.8 Å². The highest BCUT2D eigenvalue weighted by molar-refractivity contribution is 6.30. The summed E-state index contributed by atoms with van der Waals surface area (Å²) < 4.78 is 5.39. The molecule has 2 atom stereocenters. The van der Waals surface area contributed by atoms with Crippen LogP contribution in [0.4, 0.5) is 0 Å². The van der Waals surface area contributed by atoms with Crippen LogP contribution in [-0.2, 0) is 4.74 Å². The number of nitrogens with zero attached hydrogens (tertiary/aromatic N) is 1. The molecule has 1 fully saturated rings. The molecule has 1 aliphatic rings. The predicted octanol–water partition coefficient (Wildman–Crippen LogP) is 2.45. The van der Waals surface area contributed by atoms with Crippen LogP contribution in [0.1, 0.15) is 24.9 Å². The van der Waals surface area contributed by atoms with Gasteiger partial charge in [0.15, 0.2) is 0 Å². The van der Waals surface area contributed by atoms with E-state index in [0.29, 0.717) is 12.6 Å². The zero-order chi connectivity index (χ0) is 13.2. The van der Waals surface area contributed by atoms with Crippen LogP contribution in [0, 0.1) is 0 Å². The van der Waals surface area contributed by atoms with Crippen LogP contribution < -0.4 is 5.73 Å². The molecular formula is C14H21ClN2O. The maximum Gasteiger partial charge on any atom is 0.0659 e. The molecule has 4 heteroatoms. The molecule has 0 bridgehead atoms. The zero-order valence-electron chi connectivity index (χ0n) is 11.0. The Kier molecular flexibility index (Phi) is 4.28. The summed E-state index contributed by atoms with van der Waals surface area (Å²) in [5, 5.41) is 0.771. The summed E-state index contributed by atoms with van der Waals surface area (Å²) in [4.78, 5) is 2.28. The van der Waals surface area contributed by atoms with Crippen LogP contribution in [0.25, 0.3) is 0 Å². The predicted molar refractivity (Wildman–Crippen MR) is 74.9 cm³/mol. The van der Waals surface area contributed by atoms with Gasteiger partial charge in [0.25, 0.3) is 0 Å². The molecule has 0 amide bonds. The van der Waals surface area contributed by atoms with Gasteiger partial charge >= 0.3 is 0 Å². The summed E-state index contributed by atoms with van der Waals surface area (Å²) in [5.41, 5.74) is 7.37. The van der Waals surface area contributed by atoms with Gasteiger partial charge in [0, 0.05) is 24.2 Å². The maximum atomic E-state index is 6.31. The molecule has 1 heterocycles. The Morgan fingerprint density at radius 1 is 1.44 bits per heavy atom. The molecule has 0 spiro atoms. The number of rotatable bonds is 4. The molecule has 100 valence electrons. The minimum Gasteiger partial charge on any atom is -0.379 e. The topological polar surface area (TPSA) is 38.5 Å². The van der Waals surface area contributed by atoms with Gasteiger partial charge in [-0.1, -0.05) is 23.7 Å². The van der Waals surface area contributed by atoms with Gasteiger partial charge in [-0.05, 0) is 38.1 Å². The van der Waals surface area contributed by atoms with Gasteiger partial charge < -0.3 is 10.5 Å². The first-order chi connectivity index (χ1) is 8.50. The van der Waals surface area contributed by atoms with Crippen molar-refractivity contribution in [2.45, 2.75) is 24.9 Å². The van der Waals surface area contributed by atoms with Crippen molar-refractivity contribution in [1.82, 2.24) is 4.90 Å². The van der Waals surface area contributed by atoms with Crippen molar-refractivity contribution < 1.29 is 4.74 Å². The second kappa shape index (κ2) is 5.57. The van der Waals surface area contributed by atoms with Gasteiger partial charge in [-0.2, -0.15) is 0 Å². The van der Waals surface area contributed by atoms with E-state index in [1.165, 1.54) is 5.56 Å². The molecule has 1 aromatic carbocycles. The summed E-state index contributed by atoms with van der Waals surface area (Å²) >= 11 is 5.91. The number of nitrogens with two attached hydrogens (primary N) is 1. The number of hydrogen-bond acceptors (Lipinski definition) is 3. The second-order valence-electron chi connectivity index (χ2n) is 5.31. The first-order valence-corrected chi connectivity index (χ1v) is 6.70. The highest BCUT2D eigenvalue weighted by Gasteiger charge is 2.32. The van der Waals surface area contributed by atoms with E-state index in [9.17, 15) is 0 Å². The largest absolute Gasteiger partial charge is 0.379 e. The molecule has 0 saturated carbocycles. The molecule has 1 aliphatic heterocycles. The van der Waals surface area contributed by atoms with Crippen molar-refractivity contribution in [1.29, 1.82) is 0 Å². The molecule has 1 aromatic rings. The van der Waals surface area contributed by atoms with E-state index >= 15 is 0 Å². The Labute approximate surface area is 114 Å². The Bertz CT molecular complexity index is 387. The molecule has 2 N–H and O–H groups in total. The smallest absolute Gasteiger partial charge is 0.0659 e. The molecule has 1 saturated heterocycles. The highest BCUT2D eigenvalue weighted by atomic mass is 35.5. The Morgan fingerprint density at radius 2 is 2.11 bits per heavy atom. The number of ether oxygens (including phenoxy) is 1. The summed E-state index contributed by atoms with van der Waals surface area (Å²) in [6.07, 6.45) is 0.935. The van der Waals surface area contributed by atoms with Crippen LogP contribution in [0.2, 0.25) is 5.02 Å². The van der Waals surface area contributed by atoms with Gasteiger partial charge in [-0.25, -0.2) is 0 Å². The fourth-order valence-electron chi connectivity index (χ4n) is 2.38. The minimum atomic E-state index is -0.199. The molecule has 3 nitrogen and oxygen atoms in total. The van der Waals surface area contributed by atoms with Crippen molar-refractivity contribution in [2.24, 2.45) is 5.73 Å². The SMILES string of the molecule is CC(c1ccc(Cl)cc1)N(C)CC1(N)CCOC1. The van der Waals surface area contributed by atoms with E-state index in [4.69, 9.17) is 22.1 Å². The average Bonchev–Trinajstić information content (AvgIpc) is 2.76. The first kappa shape index (κ1) is 13.8. The second-order valence-corrected chi connectivity index (χ2v) is 5.74. The lowest BCUT2D eigenvalue weighted by Gasteiger charge is -2.32. The van der Waals surface area contributed by atoms with Gasteiger partial charge in [0.05, 0.1) is 12.1 Å². The van der Waals surface area contributed by atoms with Crippen molar-refractivity contribution >= 4 is 11.6 Å². The third-order valence-electron chi connectivity index (χ3n) is 3.71. The van der Waals surface area contributed by atoms with Crippen LogP contribution in [0.3, 0.4) is 0 Å². The first-order valence-electron chi connectivity index (χ1n) is 6.32. The highest BCUT2D eigenvalue weighted by Crippen LogP contribution is 2.24. The minimum absolute atomic E-state index is 0.199. The molecular weight excluding hydrogens is 248 g/mol. The van der Waals surface area contributed by atoms with Crippen LogP contribution in [0.15, 0.2) is 24.3 Å². The van der Waals surface area contributed by atoms with Crippen molar-refractivity contribution in [3.05, 3.63) is 34.9 Å². The molecule has 2 rings (SSSR count). The van der Waals surface area contributed by atoms with E-state index < -0.39 is 0 Å². The average molecular weight is 269 g/mol. The van der Waals surface area contributed by atoms with E-state index in [0.717, 1.165) is 24.6 Å². The third kappa shape index (κ3) is 3.23. The lowest BCUT2D eigenvalue weighted by molar-refractivity contribution is 0.149. The standard InChI is InChI=1S/C14H21ClN2O/c1-11(12-3-5-13(15)6-4-12)17(2)9-14(16)7-8-18-10-14/h3-6,11H,7-10,16H2,1-2H3. The number of halogens is 1. The number of benzene rings is 1. The van der Waals surface area contributed by atoms with E-state index in [-0.39, 0.29) is 5.54 Å². The van der Waals surface area contributed by atoms with Gasteiger partial charge in [0.1, 0.15) is 0 Å². The third-order valence-corrected chi connectivity index (χ3v) is 3.96. The van der Waals surface area contributed by atoms with Crippen LogP contribution >= 0.6 is 11.6 Å². The Hall–Kier alpha value is -0.610. The number of likely N-dealkylation sites (N-methyl/N-ethyl adjacent to an activating group) is 1. The Morgan fingerprint density at radius 3 is 2.67 bits per heavy atom. The van der Waals surface area contributed by atoms with Crippen molar-refractivity contribution in [3.8, 4) is 0 Å². The summed E-state index contributed by atoms with van der Waals surface area (Å²) in [5.74, 6) is 0. The monoisotopic (exact) mass is 268 g/mol. The molecule has 2 unspecified atom stereocenters. The zero-order valence-corrected chi connectivity index (χ0v) is 11.8. The van der Waals surface area contributed by atoms with Gasteiger partial charge in [-0.15, -0.1) is 0 Å². The normalized spacial score (nSPS) is 25.6. The summed E-state index contributed by atoms with van der Waals surface area (Å²) in [6, 6.07) is 8.31. The number of hydrogen-bond donors (Lipinski definition) is 1.